The van der Waals surface area contributed by atoms with Gasteiger partial charge in [0.05, 0.1) is 6.04 Å². The minimum absolute atomic E-state index is 0.229. The summed E-state index contributed by atoms with van der Waals surface area (Å²) < 4.78 is 1.86. The summed E-state index contributed by atoms with van der Waals surface area (Å²) in [6, 6.07) is 5.64. The molecule has 6 nitrogen and oxygen atoms in total. The second-order valence-corrected chi connectivity index (χ2v) is 5.11. The lowest BCUT2D eigenvalue weighted by Gasteiger charge is -2.22. The lowest BCUT2D eigenvalue weighted by molar-refractivity contribution is 0.309. The van der Waals surface area contributed by atoms with Gasteiger partial charge in [-0.3, -0.25) is 0 Å². The van der Waals surface area contributed by atoms with Crippen LogP contribution < -0.4 is 11.5 Å². The summed E-state index contributed by atoms with van der Waals surface area (Å²) in [7, 11) is 0. The minimum Gasteiger partial charge on any atom is -0.399 e. The molecule has 0 radical (unpaired) electrons. The van der Waals surface area contributed by atoms with Crippen LogP contribution in [0.5, 0.6) is 0 Å². The molecule has 1 aromatic heterocycles. The molecule has 1 atom stereocenters. The minimum atomic E-state index is 0.229. The van der Waals surface area contributed by atoms with Gasteiger partial charge in [0, 0.05) is 16.9 Å². The Balaban J connectivity index is 2.42. The van der Waals surface area contributed by atoms with Crippen molar-refractivity contribution >= 4 is 11.4 Å². The lowest BCUT2D eigenvalue weighted by Crippen LogP contribution is -2.18. The first kappa shape index (κ1) is 14.3. The number of benzene rings is 1. The van der Waals surface area contributed by atoms with Crippen molar-refractivity contribution in [1.82, 2.24) is 20.2 Å². The summed E-state index contributed by atoms with van der Waals surface area (Å²) in [5.41, 5.74) is 13.8. The average Bonchev–Trinajstić information content (AvgIpc) is 2.89. The molecule has 0 fully saturated rings. The normalized spacial score (nSPS) is 12.8. The zero-order valence-electron chi connectivity index (χ0n) is 12.2. The van der Waals surface area contributed by atoms with Crippen LogP contribution in [0.25, 0.3) is 11.4 Å². The summed E-state index contributed by atoms with van der Waals surface area (Å²) >= 11 is 0. The van der Waals surface area contributed by atoms with Crippen molar-refractivity contribution in [3.8, 4) is 11.4 Å². The number of aromatic nitrogens is 4. The summed E-state index contributed by atoms with van der Waals surface area (Å²) in [4.78, 5) is 0. The van der Waals surface area contributed by atoms with Gasteiger partial charge in [-0.25, -0.2) is 4.68 Å². The topological polar surface area (TPSA) is 95.6 Å². The third-order valence-corrected chi connectivity index (χ3v) is 3.93. The molecule has 0 aliphatic carbocycles. The summed E-state index contributed by atoms with van der Waals surface area (Å²) in [6.07, 6.45) is 2.18. The number of hydrogen-bond donors (Lipinski definition) is 2. The van der Waals surface area contributed by atoms with Crippen molar-refractivity contribution in [3.05, 3.63) is 18.2 Å². The molecule has 2 rings (SSSR count). The van der Waals surface area contributed by atoms with E-state index in [1.165, 1.54) is 0 Å². The van der Waals surface area contributed by atoms with E-state index in [1.807, 2.05) is 16.8 Å². The molecule has 2 aromatic rings. The number of anilines is 2. The van der Waals surface area contributed by atoms with E-state index in [1.54, 1.807) is 6.07 Å². The van der Waals surface area contributed by atoms with E-state index in [4.69, 9.17) is 11.5 Å². The van der Waals surface area contributed by atoms with Gasteiger partial charge in [-0.2, -0.15) is 0 Å². The maximum absolute atomic E-state index is 6.03. The fraction of sp³-hybridized carbons (Fsp3) is 0.500. The maximum Gasteiger partial charge on any atom is 0.184 e. The van der Waals surface area contributed by atoms with Crippen LogP contribution in [0, 0.1) is 5.92 Å². The zero-order valence-corrected chi connectivity index (χ0v) is 12.2. The number of rotatable bonds is 5. The monoisotopic (exact) mass is 274 g/mol. The molecule has 1 unspecified atom stereocenters. The van der Waals surface area contributed by atoms with Crippen LogP contribution in [-0.2, 0) is 0 Å². The largest absolute Gasteiger partial charge is 0.399 e. The van der Waals surface area contributed by atoms with Gasteiger partial charge in [0.2, 0.25) is 0 Å². The highest BCUT2D eigenvalue weighted by Crippen LogP contribution is 2.30. The third-order valence-electron chi connectivity index (χ3n) is 3.93. The highest BCUT2D eigenvalue weighted by Gasteiger charge is 2.21. The fourth-order valence-corrected chi connectivity index (χ4v) is 2.60. The van der Waals surface area contributed by atoms with Gasteiger partial charge >= 0.3 is 0 Å². The molecule has 0 aliphatic heterocycles. The first-order valence-corrected chi connectivity index (χ1v) is 7.01. The van der Waals surface area contributed by atoms with E-state index in [0.29, 0.717) is 23.1 Å². The van der Waals surface area contributed by atoms with Gasteiger partial charge in [0.25, 0.3) is 0 Å². The summed E-state index contributed by atoms with van der Waals surface area (Å²) in [6.45, 7) is 6.52. The van der Waals surface area contributed by atoms with Gasteiger partial charge in [0.1, 0.15) is 0 Å². The van der Waals surface area contributed by atoms with Crippen LogP contribution in [-0.4, -0.2) is 20.2 Å². The lowest BCUT2D eigenvalue weighted by atomic mass is 9.95. The van der Waals surface area contributed by atoms with Gasteiger partial charge in [-0.05, 0) is 41.5 Å². The zero-order chi connectivity index (χ0) is 14.7. The molecule has 1 aromatic carbocycles. The molecule has 0 bridgehead atoms. The molecule has 20 heavy (non-hydrogen) atoms. The SMILES string of the molecule is CCC(CC)C(C)n1nnnc1-c1ccc(N)cc1N. The highest BCUT2D eigenvalue weighted by atomic mass is 15.5. The molecule has 0 saturated heterocycles. The molecule has 4 N–H and O–H groups in total. The van der Waals surface area contributed by atoms with Crippen LogP contribution >= 0.6 is 0 Å². The van der Waals surface area contributed by atoms with E-state index in [2.05, 4.69) is 36.3 Å². The number of hydrogen-bond acceptors (Lipinski definition) is 5. The van der Waals surface area contributed by atoms with Crippen LogP contribution in [0.1, 0.15) is 39.7 Å². The van der Waals surface area contributed by atoms with E-state index >= 15 is 0 Å². The number of nitrogens with zero attached hydrogens (tertiary/aromatic N) is 4. The number of nitrogen functional groups attached to an aromatic ring is 2. The molecule has 0 amide bonds. The van der Waals surface area contributed by atoms with Gasteiger partial charge in [-0.1, -0.05) is 26.7 Å². The maximum atomic E-state index is 6.03. The molecule has 6 heteroatoms. The van der Waals surface area contributed by atoms with Crippen molar-refractivity contribution in [1.29, 1.82) is 0 Å². The van der Waals surface area contributed by atoms with E-state index in [-0.39, 0.29) is 6.04 Å². The Morgan fingerprint density at radius 3 is 2.50 bits per heavy atom. The van der Waals surface area contributed by atoms with Crippen LogP contribution in [0.4, 0.5) is 11.4 Å². The summed E-state index contributed by atoms with van der Waals surface area (Å²) in [5.74, 6) is 1.23. The van der Waals surface area contributed by atoms with Crippen molar-refractivity contribution in [2.75, 3.05) is 11.5 Å². The molecule has 0 aliphatic rings. The average molecular weight is 274 g/mol. The Bertz CT molecular complexity index is 573. The predicted octanol–water partition coefficient (Wildman–Crippen LogP) is 2.50. The highest BCUT2D eigenvalue weighted by molar-refractivity contribution is 5.74. The van der Waals surface area contributed by atoms with Crippen molar-refractivity contribution in [3.63, 3.8) is 0 Å². The second-order valence-electron chi connectivity index (χ2n) is 5.11. The van der Waals surface area contributed by atoms with E-state index in [0.717, 1.165) is 18.4 Å². The third kappa shape index (κ3) is 2.59. The van der Waals surface area contributed by atoms with E-state index < -0.39 is 0 Å². The Morgan fingerprint density at radius 2 is 1.90 bits per heavy atom. The van der Waals surface area contributed by atoms with Gasteiger partial charge in [-0.15, -0.1) is 5.10 Å². The Morgan fingerprint density at radius 1 is 1.20 bits per heavy atom. The first-order chi connectivity index (χ1) is 9.58. The standard InChI is InChI=1S/C14H22N6/c1-4-10(5-2)9(3)20-14(17-18-19-20)12-7-6-11(15)8-13(12)16/h6-10H,4-5,15-16H2,1-3H3. The predicted molar refractivity (Wildman–Crippen MR) is 80.9 cm³/mol. The molecular formula is C14H22N6. The quantitative estimate of drug-likeness (QED) is 0.817. The number of nitrogens with two attached hydrogens (primary N) is 2. The Hall–Kier alpha value is -2.11. The van der Waals surface area contributed by atoms with Crippen molar-refractivity contribution in [2.24, 2.45) is 5.92 Å². The summed E-state index contributed by atoms with van der Waals surface area (Å²) in [5, 5.41) is 12.1. The smallest absolute Gasteiger partial charge is 0.184 e. The molecule has 108 valence electrons. The van der Waals surface area contributed by atoms with Crippen LogP contribution in [0.3, 0.4) is 0 Å². The molecule has 1 heterocycles. The first-order valence-electron chi connectivity index (χ1n) is 7.01. The second kappa shape index (κ2) is 5.90. The van der Waals surface area contributed by atoms with Crippen LogP contribution in [0.2, 0.25) is 0 Å². The molecule has 0 saturated carbocycles. The van der Waals surface area contributed by atoms with Crippen LogP contribution in [0.15, 0.2) is 18.2 Å². The fourth-order valence-electron chi connectivity index (χ4n) is 2.60. The molecular weight excluding hydrogens is 252 g/mol. The van der Waals surface area contributed by atoms with Gasteiger partial charge < -0.3 is 11.5 Å². The van der Waals surface area contributed by atoms with E-state index in [9.17, 15) is 0 Å². The van der Waals surface area contributed by atoms with Crippen molar-refractivity contribution in [2.45, 2.75) is 39.7 Å². The van der Waals surface area contributed by atoms with Gasteiger partial charge in [0.15, 0.2) is 5.82 Å². The Labute approximate surface area is 119 Å². The number of tetrazole rings is 1. The Kier molecular flexibility index (Phi) is 4.22. The molecule has 0 spiro atoms. The van der Waals surface area contributed by atoms with Crippen molar-refractivity contribution < 1.29 is 0 Å².